The summed E-state index contributed by atoms with van der Waals surface area (Å²) in [6, 6.07) is 16.2. The second-order valence-electron chi connectivity index (χ2n) is 5.02. The smallest absolute Gasteiger partial charge is 0.237 e. The van der Waals surface area contributed by atoms with Crippen molar-refractivity contribution in [2.24, 2.45) is 5.73 Å². The number of carbonyl (C=O) groups excluding carboxylic acids is 1. The van der Waals surface area contributed by atoms with Crippen LogP contribution in [0.5, 0.6) is 5.75 Å². The quantitative estimate of drug-likeness (QED) is 0.759. The summed E-state index contributed by atoms with van der Waals surface area (Å²) in [7, 11) is 0. The Morgan fingerprint density at radius 1 is 1.05 bits per heavy atom. The van der Waals surface area contributed by atoms with Gasteiger partial charge in [0.15, 0.2) is 0 Å². The first-order valence-electron chi connectivity index (χ1n) is 7.00. The van der Waals surface area contributed by atoms with Crippen molar-refractivity contribution in [2.45, 2.75) is 25.4 Å². The van der Waals surface area contributed by atoms with Crippen molar-refractivity contribution < 1.29 is 9.90 Å². The molecule has 21 heavy (non-hydrogen) atoms. The van der Waals surface area contributed by atoms with E-state index in [-0.39, 0.29) is 11.7 Å². The maximum absolute atomic E-state index is 11.9. The van der Waals surface area contributed by atoms with E-state index in [4.69, 9.17) is 5.73 Å². The maximum atomic E-state index is 11.9. The fourth-order valence-electron chi connectivity index (χ4n) is 2.03. The highest BCUT2D eigenvalue weighted by Crippen LogP contribution is 2.09. The fourth-order valence-corrected chi connectivity index (χ4v) is 2.03. The molecule has 2 aromatic carbocycles. The van der Waals surface area contributed by atoms with Crippen molar-refractivity contribution in [2.75, 3.05) is 0 Å². The molecule has 4 N–H and O–H groups in total. The van der Waals surface area contributed by atoms with Gasteiger partial charge < -0.3 is 16.2 Å². The van der Waals surface area contributed by atoms with Gasteiger partial charge in [-0.25, -0.2) is 0 Å². The first kappa shape index (κ1) is 15.1. The van der Waals surface area contributed by atoms with Gasteiger partial charge in [0.25, 0.3) is 0 Å². The summed E-state index contributed by atoms with van der Waals surface area (Å²) >= 11 is 0. The number of aromatic hydroxyl groups is 1. The topological polar surface area (TPSA) is 75.4 Å². The van der Waals surface area contributed by atoms with E-state index in [0.29, 0.717) is 13.0 Å². The molecule has 0 aliphatic heterocycles. The molecule has 0 aliphatic rings. The van der Waals surface area contributed by atoms with Gasteiger partial charge in [0, 0.05) is 6.54 Å². The van der Waals surface area contributed by atoms with Crippen molar-refractivity contribution in [1.82, 2.24) is 5.32 Å². The summed E-state index contributed by atoms with van der Waals surface area (Å²) in [4.78, 5) is 11.9. The van der Waals surface area contributed by atoms with Gasteiger partial charge in [-0.05, 0) is 36.1 Å². The molecule has 1 atom stereocenters. The predicted octanol–water partition coefficient (Wildman–Crippen LogP) is 1.97. The van der Waals surface area contributed by atoms with E-state index in [0.717, 1.165) is 12.0 Å². The average Bonchev–Trinajstić information content (AvgIpc) is 2.52. The molecule has 0 heterocycles. The first-order valence-corrected chi connectivity index (χ1v) is 7.00. The lowest BCUT2D eigenvalue weighted by atomic mass is 10.1. The Morgan fingerprint density at radius 2 is 1.71 bits per heavy atom. The Balaban J connectivity index is 1.76. The molecule has 2 rings (SSSR count). The van der Waals surface area contributed by atoms with E-state index in [1.54, 1.807) is 24.3 Å². The molecule has 0 aromatic heterocycles. The number of hydrogen-bond donors (Lipinski definition) is 3. The van der Waals surface area contributed by atoms with Crippen LogP contribution in [0.2, 0.25) is 0 Å². The lowest BCUT2D eigenvalue weighted by molar-refractivity contribution is -0.122. The number of aryl methyl sites for hydroxylation is 1. The Hall–Kier alpha value is -2.33. The van der Waals surface area contributed by atoms with Crippen molar-refractivity contribution in [1.29, 1.82) is 0 Å². The van der Waals surface area contributed by atoms with Crippen LogP contribution in [0.1, 0.15) is 17.5 Å². The van der Waals surface area contributed by atoms with E-state index in [2.05, 4.69) is 5.32 Å². The molecule has 2 aromatic rings. The minimum absolute atomic E-state index is 0.154. The second-order valence-corrected chi connectivity index (χ2v) is 5.02. The molecule has 0 fully saturated rings. The Kier molecular flexibility index (Phi) is 5.35. The molecule has 0 spiro atoms. The molecule has 0 saturated carbocycles. The summed E-state index contributed by atoms with van der Waals surface area (Å²) in [6.45, 7) is 0.415. The number of nitrogens with one attached hydrogen (secondary N) is 1. The number of benzene rings is 2. The number of hydrogen-bond acceptors (Lipinski definition) is 3. The fraction of sp³-hybridized carbons (Fsp3) is 0.235. The van der Waals surface area contributed by atoms with Crippen LogP contribution in [0.15, 0.2) is 54.6 Å². The summed E-state index contributed by atoms with van der Waals surface area (Å²) < 4.78 is 0. The second kappa shape index (κ2) is 7.45. The lowest BCUT2D eigenvalue weighted by Gasteiger charge is -2.12. The summed E-state index contributed by atoms with van der Waals surface area (Å²) in [5, 5.41) is 12.0. The largest absolute Gasteiger partial charge is 0.508 e. The van der Waals surface area contributed by atoms with Gasteiger partial charge in [-0.3, -0.25) is 4.79 Å². The lowest BCUT2D eigenvalue weighted by Crippen LogP contribution is -2.40. The molecule has 1 amide bonds. The van der Waals surface area contributed by atoms with Gasteiger partial charge in [-0.1, -0.05) is 42.5 Å². The summed E-state index contributed by atoms with van der Waals surface area (Å²) in [6.07, 6.45) is 1.40. The molecule has 0 unspecified atom stereocenters. The van der Waals surface area contributed by atoms with Crippen LogP contribution in [-0.2, 0) is 17.8 Å². The standard InChI is InChI=1S/C17H20N2O2/c18-16(11-8-13-4-2-1-3-5-13)17(21)19-12-14-6-9-15(20)10-7-14/h1-7,9-10,16,20H,8,11-12,18H2,(H,19,21)/t16-/m0/s1. The first-order chi connectivity index (χ1) is 10.1. The molecule has 110 valence electrons. The Morgan fingerprint density at radius 3 is 2.38 bits per heavy atom. The number of phenols is 1. The van der Waals surface area contributed by atoms with Gasteiger partial charge in [0.1, 0.15) is 5.75 Å². The Bertz CT molecular complexity index is 567. The van der Waals surface area contributed by atoms with Crippen molar-refractivity contribution in [3.8, 4) is 5.75 Å². The highest BCUT2D eigenvalue weighted by Gasteiger charge is 2.12. The predicted molar refractivity (Wildman–Crippen MR) is 82.7 cm³/mol. The maximum Gasteiger partial charge on any atom is 0.237 e. The van der Waals surface area contributed by atoms with Crippen molar-refractivity contribution in [3.05, 3.63) is 65.7 Å². The van der Waals surface area contributed by atoms with Crippen LogP contribution in [0.25, 0.3) is 0 Å². The number of nitrogens with two attached hydrogens (primary N) is 1. The minimum atomic E-state index is -0.512. The zero-order chi connectivity index (χ0) is 15.1. The third-order valence-electron chi connectivity index (χ3n) is 3.33. The van der Waals surface area contributed by atoms with Gasteiger partial charge >= 0.3 is 0 Å². The number of carbonyl (C=O) groups is 1. The number of phenolic OH excluding ortho intramolecular Hbond substituents is 1. The van der Waals surface area contributed by atoms with Crippen LogP contribution >= 0.6 is 0 Å². The molecule has 4 nitrogen and oxygen atoms in total. The third kappa shape index (κ3) is 4.93. The third-order valence-corrected chi connectivity index (χ3v) is 3.33. The monoisotopic (exact) mass is 284 g/mol. The molecular weight excluding hydrogens is 264 g/mol. The number of amides is 1. The zero-order valence-electron chi connectivity index (χ0n) is 11.8. The normalized spacial score (nSPS) is 11.9. The van der Waals surface area contributed by atoms with Crippen LogP contribution in [0, 0.1) is 0 Å². The van der Waals surface area contributed by atoms with Crippen LogP contribution in [0.4, 0.5) is 0 Å². The van der Waals surface area contributed by atoms with E-state index >= 15 is 0 Å². The zero-order valence-corrected chi connectivity index (χ0v) is 11.8. The molecule has 0 aliphatic carbocycles. The number of rotatable bonds is 6. The van der Waals surface area contributed by atoms with E-state index in [9.17, 15) is 9.90 Å². The minimum Gasteiger partial charge on any atom is -0.508 e. The van der Waals surface area contributed by atoms with Gasteiger partial charge in [0.05, 0.1) is 6.04 Å². The Labute approximate surface area is 124 Å². The molecule has 4 heteroatoms. The van der Waals surface area contributed by atoms with Crippen molar-refractivity contribution >= 4 is 5.91 Å². The van der Waals surface area contributed by atoms with Gasteiger partial charge in [-0.15, -0.1) is 0 Å². The summed E-state index contributed by atoms with van der Waals surface area (Å²) in [5.74, 6) is 0.0589. The van der Waals surface area contributed by atoms with Crippen LogP contribution in [-0.4, -0.2) is 17.1 Å². The van der Waals surface area contributed by atoms with Crippen molar-refractivity contribution in [3.63, 3.8) is 0 Å². The molecule has 0 bridgehead atoms. The molecule has 0 saturated heterocycles. The van der Waals surface area contributed by atoms with E-state index < -0.39 is 6.04 Å². The highest BCUT2D eigenvalue weighted by molar-refractivity contribution is 5.81. The van der Waals surface area contributed by atoms with E-state index in [1.165, 1.54) is 5.56 Å². The highest BCUT2D eigenvalue weighted by atomic mass is 16.3. The van der Waals surface area contributed by atoms with E-state index in [1.807, 2.05) is 30.3 Å². The van der Waals surface area contributed by atoms with Gasteiger partial charge in [-0.2, -0.15) is 0 Å². The van der Waals surface area contributed by atoms with Crippen LogP contribution < -0.4 is 11.1 Å². The molecular formula is C17H20N2O2. The summed E-state index contributed by atoms with van der Waals surface area (Å²) in [5.41, 5.74) is 8.01. The SMILES string of the molecule is N[C@@H](CCc1ccccc1)C(=O)NCc1ccc(O)cc1. The average molecular weight is 284 g/mol. The van der Waals surface area contributed by atoms with Crippen LogP contribution in [0.3, 0.4) is 0 Å². The molecule has 0 radical (unpaired) electrons. The van der Waals surface area contributed by atoms with Gasteiger partial charge in [0.2, 0.25) is 5.91 Å².